The summed E-state index contributed by atoms with van der Waals surface area (Å²) in [6.45, 7) is 11.0. The SMILES string of the molecule is CCCCCCc1ccccc1N=NC(C)(C#N)CC(C)(C)OCCCC. The number of nitrogens with zero attached hydrogens (tertiary/aromatic N) is 3. The van der Waals surface area contributed by atoms with E-state index in [-0.39, 0.29) is 0 Å². The van der Waals surface area contributed by atoms with Gasteiger partial charge in [-0.15, -0.1) is 0 Å². The minimum atomic E-state index is -0.898. The van der Waals surface area contributed by atoms with Crippen LogP contribution in [0.15, 0.2) is 34.5 Å². The van der Waals surface area contributed by atoms with Crippen LogP contribution in [0.2, 0.25) is 0 Å². The van der Waals surface area contributed by atoms with E-state index in [0.717, 1.165) is 31.4 Å². The first kappa shape index (κ1) is 23.3. The van der Waals surface area contributed by atoms with Gasteiger partial charge in [0.1, 0.15) is 0 Å². The third-order valence-electron chi connectivity index (χ3n) is 4.67. The molecule has 1 aromatic rings. The highest BCUT2D eigenvalue weighted by Gasteiger charge is 2.33. The second-order valence-electron chi connectivity index (χ2n) is 8.16. The molecule has 0 aliphatic rings. The zero-order chi connectivity index (χ0) is 20.2. The molecule has 1 atom stereocenters. The van der Waals surface area contributed by atoms with Crippen LogP contribution < -0.4 is 0 Å². The van der Waals surface area contributed by atoms with Gasteiger partial charge in [0, 0.05) is 13.0 Å². The minimum absolute atomic E-state index is 0.404. The van der Waals surface area contributed by atoms with Crippen LogP contribution in [0.5, 0.6) is 0 Å². The lowest BCUT2D eigenvalue weighted by molar-refractivity contribution is -0.0328. The molecular formula is C23H37N3O. The van der Waals surface area contributed by atoms with Crippen LogP contribution in [0, 0.1) is 11.3 Å². The summed E-state index contributed by atoms with van der Waals surface area (Å²) in [5, 5.41) is 18.6. The quantitative estimate of drug-likeness (QED) is 0.273. The molecule has 0 radical (unpaired) electrons. The topological polar surface area (TPSA) is 57.7 Å². The average molecular weight is 372 g/mol. The monoisotopic (exact) mass is 371 g/mol. The van der Waals surface area contributed by atoms with Crippen LogP contribution in [0.1, 0.15) is 85.1 Å². The smallest absolute Gasteiger partial charge is 0.167 e. The molecule has 0 spiro atoms. The van der Waals surface area contributed by atoms with Crippen LogP contribution in [-0.4, -0.2) is 17.7 Å². The van der Waals surface area contributed by atoms with E-state index in [0.29, 0.717) is 13.0 Å². The lowest BCUT2D eigenvalue weighted by Gasteiger charge is -2.30. The first-order chi connectivity index (χ1) is 12.9. The molecule has 0 aliphatic carbocycles. The Morgan fingerprint density at radius 3 is 2.37 bits per heavy atom. The largest absolute Gasteiger partial charge is 0.375 e. The predicted octanol–water partition coefficient (Wildman–Crippen LogP) is 7.16. The molecular weight excluding hydrogens is 334 g/mol. The molecule has 4 heteroatoms. The fourth-order valence-corrected chi connectivity index (χ4v) is 3.20. The highest BCUT2D eigenvalue weighted by Crippen LogP contribution is 2.29. The number of unbranched alkanes of at least 4 members (excludes halogenated alkanes) is 4. The van der Waals surface area contributed by atoms with Crippen molar-refractivity contribution in [1.29, 1.82) is 5.26 Å². The molecule has 0 N–H and O–H groups in total. The zero-order valence-corrected chi connectivity index (χ0v) is 17.9. The van der Waals surface area contributed by atoms with Crippen molar-refractivity contribution in [2.45, 2.75) is 97.1 Å². The van der Waals surface area contributed by atoms with Gasteiger partial charge in [0.15, 0.2) is 5.54 Å². The van der Waals surface area contributed by atoms with Gasteiger partial charge in [-0.25, -0.2) is 0 Å². The zero-order valence-electron chi connectivity index (χ0n) is 17.9. The van der Waals surface area contributed by atoms with Crippen LogP contribution in [0.3, 0.4) is 0 Å². The fourth-order valence-electron chi connectivity index (χ4n) is 3.20. The average Bonchev–Trinajstić information content (AvgIpc) is 2.64. The summed E-state index contributed by atoms with van der Waals surface area (Å²) < 4.78 is 5.97. The number of rotatable bonds is 13. The fraction of sp³-hybridized carbons (Fsp3) is 0.696. The van der Waals surface area contributed by atoms with Crippen molar-refractivity contribution in [3.8, 4) is 6.07 Å². The summed E-state index contributed by atoms with van der Waals surface area (Å²) in [5.41, 5.74) is 0.778. The number of azo groups is 1. The van der Waals surface area contributed by atoms with E-state index in [1.807, 2.05) is 39.0 Å². The lowest BCUT2D eigenvalue weighted by atomic mass is 9.89. The van der Waals surface area contributed by atoms with E-state index >= 15 is 0 Å². The number of ether oxygens (including phenoxy) is 1. The molecule has 0 aromatic heterocycles. The molecule has 27 heavy (non-hydrogen) atoms. The van der Waals surface area contributed by atoms with Crippen molar-refractivity contribution < 1.29 is 4.74 Å². The van der Waals surface area contributed by atoms with Gasteiger partial charge >= 0.3 is 0 Å². The normalized spacial score (nSPS) is 14.2. The lowest BCUT2D eigenvalue weighted by Crippen LogP contribution is -2.35. The number of hydrogen-bond donors (Lipinski definition) is 0. The summed E-state index contributed by atoms with van der Waals surface area (Å²) in [6.07, 6.45) is 8.54. The van der Waals surface area contributed by atoms with E-state index in [4.69, 9.17) is 4.74 Å². The Hall–Kier alpha value is -1.73. The van der Waals surface area contributed by atoms with Crippen molar-refractivity contribution >= 4 is 5.69 Å². The van der Waals surface area contributed by atoms with Crippen molar-refractivity contribution in [2.24, 2.45) is 10.2 Å². The van der Waals surface area contributed by atoms with Crippen LogP contribution >= 0.6 is 0 Å². The number of nitriles is 1. The molecule has 0 aliphatic heterocycles. The Morgan fingerprint density at radius 2 is 1.70 bits per heavy atom. The maximum Gasteiger partial charge on any atom is 0.167 e. The molecule has 0 amide bonds. The molecule has 1 rings (SSSR count). The highest BCUT2D eigenvalue weighted by atomic mass is 16.5. The van der Waals surface area contributed by atoms with Gasteiger partial charge in [0.2, 0.25) is 0 Å². The molecule has 0 saturated heterocycles. The molecule has 0 saturated carbocycles. The van der Waals surface area contributed by atoms with E-state index in [1.165, 1.54) is 24.8 Å². The Bertz CT molecular complexity index is 618. The maximum absolute atomic E-state index is 9.71. The third-order valence-corrected chi connectivity index (χ3v) is 4.67. The van der Waals surface area contributed by atoms with Gasteiger partial charge in [0.05, 0.1) is 17.4 Å². The summed E-state index contributed by atoms with van der Waals surface area (Å²) >= 11 is 0. The van der Waals surface area contributed by atoms with E-state index in [1.54, 1.807) is 0 Å². The van der Waals surface area contributed by atoms with Gasteiger partial charge in [0.25, 0.3) is 0 Å². The van der Waals surface area contributed by atoms with Gasteiger partial charge in [-0.05, 0) is 51.7 Å². The first-order valence-electron chi connectivity index (χ1n) is 10.4. The Kier molecular flexibility index (Phi) is 10.3. The second-order valence-corrected chi connectivity index (χ2v) is 8.16. The van der Waals surface area contributed by atoms with Crippen molar-refractivity contribution in [2.75, 3.05) is 6.61 Å². The minimum Gasteiger partial charge on any atom is -0.375 e. The van der Waals surface area contributed by atoms with Gasteiger partial charge < -0.3 is 4.74 Å². The van der Waals surface area contributed by atoms with Crippen LogP contribution in [0.4, 0.5) is 5.69 Å². The molecule has 4 nitrogen and oxygen atoms in total. The molecule has 1 aromatic carbocycles. The van der Waals surface area contributed by atoms with Gasteiger partial charge in [-0.2, -0.15) is 15.5 Å². The number of aryl methyl sites for hydroxylation is 1. The predicted molar refractivity (Wildman–Crippen MR) is 112 cm³/mol. The molecule has 0 fully saturated rings. The highest BCUT2D eigenvalue weighted by molar-refractivity contribution is 5.45. The van der Waals surface area contributed by atoms with Crippen molar-refractivity contribution in [1.82, 2.24) is 0 Å². The molecule has 150 valence electrons. The molecule has 0 bridgehead atoms. The molecule has 0 heterocycles. The van der Waals surface area contributed by atoms with Gasteiger partial charge in [-0.3, -0.25) is 0 Å². The first-order valence-corrected chi connectivity index (χ1v) is 10.4. The summed E-state index contributed by atoms with van der Waals surface area (Å²) in [6, 6.07) is 10.5. The number of hydrogen-bond acceptors (Lipinski definition) is 4. The number of benzene rings is 1. The van der Waals surface area contributed by atoms with E-state index in [2.05, 4.69) is 36.2 Å². The summed E-state index contributed by atoms with van der Waals surface area (Å²) in [5.74, 6) is 0. The Balaban J connectivity index is 2.81. The van der Waals surface area contributed by atoms with Crippen LogP contribution in [-0.2, 0) is 11.2 Å². The van der Waals surface area contributed by atoms with Gasteiger partial charge in [-0.1, -0.05) is 57.7 Å². The second kappa shape index (κ2) is 11.9. The summed E-state index contributed by atoms with van der Waals surface area (Å²) in [4.78, 5) is 0. The Morgan fingerprint density at radius 1 is 1.00 bits per heavy atom. The van der Waals surface area contributed by atoms with E-state index in [9.17, 15) is 5.26 Å². The standard InChI is InChI=1S/C23H37N3O/c1-6-8-10-11-14-20-15-12-13-16-21(20)25-26-23(5,19-24)18-22(3,4)27-17-9-7-2/h12-13,15-16H,6-11,14,17-18H2,1-5H3. The van der Waals surface area contributed by atoms with Crippen LogP contribution in [0.25, 0.3) is 0 Å². The molecule has 1 unspecified atom stereocenters. The third kappa shape index (κ3) is 9.15. The maximum atomic E-state index is 9.71. The van der Waals surface area contributed by atoms with Crippen molar-refractivity contribution in [3.63, 3.8) is 0 Å². The summed E-state index contributed by atoms with van der Waals surface area (Å²) in [7, 11) is 0. The van der Waals surface area contributed by atoms with Crippen molar-refractivity contribution in [3.05, 3.63) is 29.8 Å². The Labute approximate surface area is 166 Å². The van der Waals surface area contributed by atoms with E-state index < -0.39 is 11.1 Å².